The van der Waals surface area contributed by atoms with E-state index in [2.05, 4.69) is 65.6 Å². The number of nitrogens with one attached hydrogen (secondary N) is 2. The Balaban J connectivity index is 1.79. The van der Waals surface area contributed by atoms with E-state index >= 15 is 0 Å². The van der Waals surface area contributed by atoms with Crippen molar-refractivity contribution in [3.8, 4) is 0 Å². The van der Waals surface area contributed by atoms with Crippen LogP contribution >= 0.6 is 0 Å². The highest BCUT2D eigenvalue weighted by molar-refractivity contribution is 5.79. The second kappa shape index (κ2) is 10.4. The van der Waals surface area contributed by atoms with Gasteiger partial charge in [-0.3, -0.25) is 9.89 Å². The fourth-order valence-electron chi connectivity index (χ4n) is 3.26. The summed E-state index contributed by atoms with van der Waals surface area (Å²) in [6, 6.07) is 9.15. The number of likely N-dealkylation sites (N-methyl/N-ethyl adjacent to an activating group) is 1. The first-order valence-electron chi connectivity index (χ1n) is 9.50. The van der Waals surface area contributed by atoms with E-state index in [1.807, 2.05) is 7.05 Å². The van der Waals surface area contributed by atoms with Gasteiger partial charge in [0.15, 0.2) is 5.96 Å². The number of hydrogen-bond donors (Lipinski definition) is 2. The average Bonchev–Trinajstić information content (AvgIpc) is 3.08. The average molecular weight is 347 g/mol. The van der Waals surface area contributed by atoms with E-state index in [4.69, 9.17) is 4.74 Å². The van der Waals surface area contributed by atoms with Crippen molar-refractivity contribution in [2.75, 3.05) is 26.7 Å². The Kier molecular flexibility index (Phi) is 8.22. The standard InChI is InChI=1S/C20H34N4O/c1-5-24-11-7-10-19(24)14-23-20(21-4)22-13-17-8-6-9-18(12-17)15-25-16(2)3/h6,8-9,12,16,19H,5,7,10-11,13-15H2,1-4H3,(H2,21,22,23). The van der Waals surface area contributed by atoms with Crippen molar-refractivity contribution in [1.82, 2.24) is 15.5 Å². The zero-order valence-electron chi connectivity index (χ0n) is 16.2. The topological polar surface area (TPSA) is 48.9 Å². The van der Waals surface area contributed by atoms with Gasteiger partial charge >= 0.3 is 0 Å². The van der Waals surface area contributed by atoms with Gasteiger partial charge in [-0.25, -0.2) is 0 Å². The third-order valence-electron chi connectivity index (χ3n) is 4.67. The second-order valence-corrected chi connectivity index (χ2v) is 6.91. The number of benzene rings is 1. The summed E-state index contributed by atoms with van der Waals surface area (Å²) in [6.45, 7) is 11.1. The van der Waals surface area contributed by atoms with Gasteiger partial charge in [0.2, 0.25) is 0 Å². The molecule has 0 radical (unpaired) electrons. The predicted octanol–water partition coefficient (Wildman–Crippen LogP) is 2.76. The molecule has 140 valence electrons. The lowest BCUT2D eigenvalue weighted by atomic mass is 10.1. The quantitative estimate of drug-likeness (QED) is 0.561. The van der Waals surface area contributed by atoms with Crippen LogP contribution in [0.25, 0.3) is 0 Å². The molecule has 1 fully saturated rings. The molecule has 2 N–H and O–H groups in total. The summed E-state index contributed by atoms with van der Waals surface area (Å²) in [5, 5.41) is 6.89. The molecule has 1 aromatic carbocycles. The van der Waals surface area contributed by atoms with Crippen LogP contribution in [0.4, 0.5) is 0 Å². The summed E-state index contributed by atoms with van der Waals surface area (Å²) in [6.07, 6.45) is 2.83. The van der Waals surface area contributed by atoms with Crippen LogP contribution in [-0.2, 0) is 17.9 Å². The van der Waals surface area contributed by atoms with Crippen LogP contribution in [0.1, 0.15) is 44.7 Å². The predicted molar refractivity (Wildman–Crippen MR) is 105 cm³/mol. The SMILES string of the molecule is CCN1CCCC1CNC(=NC)NCc1cccc(COC(C)C)c1. The van der Waals surface area contributed by atoms with E-state index in [9.17, 15) is 0 Å². The minimum atomic E-state index is 0.253. The lowest BCUT2D eigenvalue weighted by Gasteiger charge is -2.24. The largest absolute Gasteiger partial charge is 0.374 e. The minimum Gasteiger partial charge on any atom is -0.374 e. The van der Waals surface area contributed by atoms with Crippen LogP contribution < -0.4 is 10.6 Å². The normalized spacial score (nSPS) is 18.8. The lowest BCUT2D eigenvalue weighted by molar-refractivity contribution is 0.0657. The molecule has 5 heteroatoms. The molecule has 5 nitrogen and oxygen atoms in total. The Hall–Kier alpha value is -1.59. The highest BCUT2D eigenvalue weighted by Crippen LogP contribution is 2.15. The van der Waals surface area contributed by atoms with Crippen LogP contribution in [0.5, 0.6) is 0 Å². The molecule has 25 heavy (non-hydrogen) atoms. The van der Waals surface area contributed by atoms with Crippen LogP contribution in [0, 0.1) is 0 Å². The Bertz CT molecular complexity index is 544. The fraction of sp³-hybridized carbons (Fsp3) is 0.650. The number of guanidine groups is 1. The molecule has 1 heterocycles. The smallest absolute Gasteiger partial charge is 0.191 e. The Morgan fingerprint density at radius 3 is 2.84 bits per heavy atom. The molecule has 1 unspecified atom stereocenters. The van der Waals surface area contributed by atoms with Crippen molar-refractivity contribution in [3.05, 3.63) is 35.4 Å². The van der Waals surface area contributed by atoms with E-state index in [1.165, 1.54) is 30.5 Å². The summed E-state index contributed by atoms with van der Waals surface area (Å²) >= 11 is 0. The van der Waals surface area contributed by atoms with Gasteiger partial charge < -0.3 is 15.4 Å². The fourth-order valence-corrected chi connectivity index (χ4v) is 3.26. The van der Waals surface area contributed by atoms with Crippen LogP contribution in [0.3, 0.4) is 0 Å². The van der Waals surface area contributed by atoms with E-state index in [0.29, 0.717) is 12.6 Å². The first-order valence-corrected chi connectivity index (χ1v) is 9.50. The second-order valence-electron chi connectivity index (χ2n) is 6.91. The van der Waals surface area contributed by atoms with Crippen molar-refractivity contribution in [3.63, 3.8) is 0 Å². The van der Waals surface area contributed by atoms with Gasteiger partial charge in [-0.15, -0.1) is 0 Å². The highest BCUT2D eigenvalue weighted by atomic mass is 16.5. The Labute approximate surface area is 152 Å². The number of nitrogens with zero attached hydrogens (tertiary/aromatic N) is 2. The van der Waals surface area contributed by atoms with Crippen molar-refractivity contribution in [2.24, 2.45) is 4.99 Å². The molecule has 1 atom stereocenters. The van der Waals surface area contributed by atoms with Gasteiger partial charge in [-0.2, -0.15) is 0 Å². The lowest BCUT2D eigenvalue weighted by Crippen LogP contribution is -2.44. The first kappa shape index (κ1) is 19.7. The molecule has 2 rings (SSSR count). The monoisotopic (exact) mass is 346 g/mol. The van der Waals surface area contributed by atoms with Gasteiger partial charge in [0, 0.05) is 26.2 Å². The van der Waals surface area contributed by atoms with Crippen molar-refractivity contribution >= 4 is 5.96 Å². The van der Waals surface area contributed by atoms with Crippen LogP contribution in [0.2, 0.25) is 0 Å². The molecule has 0 aliphatic carbocycles. The molecule has 0 spiro atoms. The number of hydrogen-bond acceptors (Lipinski definition) is 3. The van der Waals surface area contributed by atoms with Gasteiger partial charge in [0.1, 0.15) is 0 Å². The van der Waals surface area contributed by atoms with E-state index < -0.39 is 0 Å². The molecule has 1 saturated heterocycles. The summed E-state index contributed by atoms with van der Waals surface area (Å²) in [5.74, 6) is 0.867. The van der Waals surface area contributed by atoms with Gasteiger partial charge in [0.05, 0.1) is 12.7 Å². The first-order chi connectivity index (χ1) is 12.1. The minimum absolute atomic E-state index is 0.253. The van der Waals surface area contributed by atoms with Crippen molar-refractivity contribution < 1.29 is 4.74 Å². The van der Waals surface area contributed by atoms with Crippen molar-refractivity contribution in [2.45, 2.75) is 58.9 Å². The third-order valence-corrected chi connectivity index (χ3v) is 4.67. The molecule has 1 aromatic rings. The zero-order valence-corrected chi connectivity index (χ0v) is 16.2. The molecule has 0 bridgehead atoms. The Morgan fingerprint density at radius 1 is 1.32 bits per heavy atom. The third kappa shape index (κ3) is 6.67. The van der Waals surface area contributed by atoms with E-state index in [1.54, 1.807) is 0 Å². The summed E-state index contributed by atoms with van der Waals surface area (Å²) in [5.41, 5.74) is 2.45. The number of aliphatic imine (C=N–C) groups is 1. The number of rotatable bonds is 8. The molecular weight excluding hydrogens is 312 g/mol. The number of likely N-dealkylation sites (tertiary alicyclic amines) is 1. The van der Waals surface area contributed by atoms with E-state index in [0.717, 1.165) is 25.6 Å². The maximum absolute atomic E-state index is 5.68. The van der Waals surface area contributed by atoms with Crippen LogP contribution in [-0.4, -0.2) is 49.7 Å². The molecule has 0 aromatic heterocycles. The highest BCUT2D eigenvalue weighted by Gasteiger charge is 2.22. The molecular formula is C20H34N4O. The van der Waals surface area contributed by atoms with Gasteiger partial charge in [-0.05, 0) is 50.9 Å². The molecule has 1 aliphatic rings. The summed E-state index contributed by atoms with van der Waals surface area (Å²) < 4.78 is 5.68. The van der Waals surface area contributed by atoms with Gasteiger partial charge in [0.25, 0.3) is 0 Å². The maximum Gasteiger partial charge on any atom is 0.191 e. The van der Waals surface area contributed by atoms with E-state index in [-0.39, 0.29) is 6.10 Å². The van der Waals surface area contributed by atoms with Crippen molar-refractivity contribution in [1.29, 1.82) is 0 Å². The molecule has 1 aliphatic heterocycles. The summed E-state index contributed by atoms with van der Waals surface area (Å²) in [7, 11) is 1.83. The van der Waals surface area contributed by atoms with Gasteiger partial charge in [-0.1, -0.05) is 31.2 Å². The number of ether oxygens (including phenoxy) is 1. The Morgan fingerprint density at radius 2 is 2.12 bits per heavy atom. The van der Waals surface area contributed by atoms with Crippen LogP contribution in [0.15, 0.2) is 29.3 Å². The molecule has 0 amide bonds. The zero-order chi connectivity index (χ0) is 18.1. The molecule has 0 saturated carbocycles. The maximum atomic E-state index is 5.68. The summed E-state index contributed by atoms with van der Waals surface area (Å²) in [4.78, 5) is 6.89.